The van der Waals surface area contributed by atoms with Gasteiger partial charge in [-0.3, -0.25) is 9.59 Å². The molecule has 0 saturated heterocycles. The molecule has 1 atom stereocenters. The molecule has 0 aliphatic heterocycles. The van der Waals surface area contributed by atoms with Crippen LogP contribution in [-0.4, -0.2) is 23.7 Å². The lowest BCUT2D eigenvalue weighted by Gasteiger charge is -2.29. The highest BCUT2D eigenvalue weighted by atomic mass is 16.5. The first-order valence-corrected chi connectivity index (χ1v) is 7.53. The van der Waals surface area contributed by atoms with Gasteiger partial charge in [-0.05, 0) is 30.5 Å². The lowest BCUT2D eigenvalue weighted by atomic mass is 9.73. The molecule has 4 nitrogen and oxygen atoms in total. The van der Waals surface area contributed by atoms with Crippen LogP contribution in [0, 0.1) is 6.92 Å². The minimum atomic E-state index is -1.75. The molecule has 2 rings (SSSR count). The van der Waals surface area contributed by atoms with E-state index in [9.17, 15) is 14.7 Å². The van der Waals surface area contributed by atoms with E-state index in [1.54, 1.807) is 32.0 Å². The van der Waals surface area contributed by atoms with Crippen LogP contribution in [0.25, 0.3) is 0 Å². The maximum absolute atomic E-state index is 12.7. The number of esters is 1. The Hall–Kier alpha value is -2.62. The van der Waals surface area contributed by atoms with Crippen molar-refractivity contribution in [3.05, 3.63) is 71.3 Å². The van der Waals surface area contributed by atoms with Crippen LogP contribution in [0.3, 0.4) is 0 Å². The van der Waals surface area contributed by atoms with Crippen LogP contribution in [0.5, 0.6) is 0 Å². The molecule has 0 amide bonds. The zero-order chi connectivity index (χ0) is 16.9. The minimum Gasteiger partial charge on any atom is -0.480 e. The molecule has 1 N–H and O–H groups in total. The van der Waals surface area contributed by atoms with Gasteiger partial charge in [0.15, 0.2) is 5.41 Å². The number of ether oxygens (including phenoxy) is 1. The second-order valence-corrected chi connectivity index (χ2v) is 5.41. The van der Waals surface area contributed by atoms with Crippen LogP contribution >= 0.6 is 0 Å². The van der Waals surface area contributed by atoms with Gasteiger partial charge in [-0.2, -0.15) is 0 Å². The topological polar surface area (TPSA) is 63.6 Å². The molecule has 1 unspecified atom stereocenters. The number of aliphatic carboxylic acids is 1. The maximum atomic E-state index is 12.7. The second kappa shape index (κ2) is 7.09. The third kappa shape index (κ3) is 3.26. The van der Waals surface area contributed by atoms with Crippen molar-refractivity contribution in [2.24, 2.45) is 0 Å². The van der Waals surface area contributed by atoms with Crippen LogP contribution in [0.15, 0.2) is 54.6 Å². The summed E-state index contributed by atoms with van der Waals surface area (Å²) >= 11 is 0. The summed E-state index contributed by atoms with van der Waals surface area (Å²) in [6, 6.07) is 16.2. The molecule has 0 saturated carbocycles. The van der Waals surface area contributed by atoms with E-state index in [2.05, 4.69) is 0 Å². The van der Waals surface area contributed by atoms with Crippen molar-refractivity contribution >= 4 is 11.9 Å². The molecule has 0 bridgehead atoms. The van der Waals surface area contributed by atoms with Crippen LogP contribution < -0.4 is 0 Å². The van der Waals surface area contributed by atoms with Gasteiger partial charge in [0.05, 0.1) is 6.61 Å². The molecular weight excluding hydrogens is 292 g/mol. The van der Waals surface area contributed by atoms with E-state index in [1.165, 1.54) is 0 Å². The Morgan fingerprint density at radius 2 is 1.65 bits per heavy atom. The molecule has 0 aliphatic rings. The van der Waals surface area contributed by atoms with E-state index in [-0.39, 0.29) is 13.0 Å². The average molecular weight is 312 g/mol. The zero-order valence-electron chi connectivity index (χ0n) is 13.3. The summed E-state index contributed by atoms with van der Waals surface area (Å²) in [4.78, 5) is 24.9. The maximum Gasteiger partial charge on any atom is 0.328 e. The van der Waals surface area contributed by atoms with Crippen molar-refractivity contribution in [2.45, 2.75) is 25.7 Å². The van der Waals surface area contributed by atoms with Crippen LogP contribution in [-0.2, 0) is 26.2 Å². The summed E-state index contributed by atoms with van der Waals surface area (Å²) in [5.41, 5.74) is 0.239. The number of carbonyl (C=O) groups excluding carboxylic acids is 1. The predicted molar refractivity (Wildman–Crippen MR) is 87.3 cm³/mol. The Kier molecular flexibility index (Phi) is 5.16. The number of carboxylic acid groups (broad SMARTS) is 1. The summed E-state index contributed by atoms with van der Waals surface area (Å²) in [7, 11) is 0. The Morgan fingerprint density at radius 1 is 1.04 bits per heavy atom. The van der Waals surface area contributed by atoms with Gasteiger partial charge in [0, 0.05) is 6.42 Å². The van der Waals surface area contributed by atoms with Gasteiger partial charge in [-0.15, -0.1) is 0 Å². The Balaban J connectivity index is 2.63. The van der Waals surface area contributed by atoms with Gasteiger partial charge in [-0.1, -0.05) is 54.6 Å². The van der Waals surface area contributed by atoms with Crippen molar-refractivity contribution in [1.29, 1.82) is 0 Å². The first-order valence-electron chi connectivity index (χ1n) is 7.53. The fourth-order valence-corrected chi connectivity index (χ4v) is 2.76. The molecule has 23 heavy (non-hydrogen) atoms. The standard InChI is InChI=1S/C19H20O4/c1-3-23-18(22)19(17(20)21,13-15-10-5-4-6-11-15)16-12-8-7-9-14(16)2/h4-12H,3,13H2,1-2H3,(H,20,21). The van der Waals surface area contributed by atoms with Gasteiger partial charge in [0.1, 0.15) is 0 Å². The molecule has 0 heterocycles. The lowest BCUT2D eigenvalue weighted by molar-refractivity contribution is -0.161. The lowest BCUT2D eigenvalue weighted by Crippen LogP contribution is -2.47. The molecule has 0 aliphatic carbocycles. The highest BCUT2D eigenvalue weighted by molar-refractivity contribution is 6.06. The van der Waals surface area contributed by atoms with Crippen molar-refractivity contribution < 1.29 is 19.4 Å². The molecule has 0 spiro atoms. The number of rotatable bonds is 6. The van der Waals surface area contributed by atoms with E-state index >= 15 is 0 Å². The molecular formula is C19H20O4. The Bertz CT molecular complexity index is 694. The molecule has 2 aromatic carbocycles. The number of benzene rings is 2. The first kappa shape index (κ1) is 16.7. The fraction of sp³-hybridized carbons (Fsp3) is 0.263. The third-order valence-electron chi connectivity index (χ3n) is 3.91. The van der Waals surface area contributed by atoms with E-state index in [4.69, 9.17) is 4.74 Å². The Morgan fingerprint density at radius 3 is 2.22 bits per heavy atom. The van der Waals surface area contributed by atoms with Crippen molar-refractivity contribution in [3.8, 4) is 0 Å². The van der Waals surface area contributed by atoms with Gasteiger partial charge >= 0.3 is 11.9 Å². The second-order valence-electron chi connectivity index (χ2n) is 5.41. The van der Waals surface area contributed by atoms with Gasteiger partial charge < -0.3 is 9.84 Å². The van der Waals surface area contributed by atoms with E-state index in [0.717, 1.165) is 11.1 Å². The number of hydrogen-bond donors (Lipinski definition) is 1. The number of aryl methyl sites for hydroxylation is 1. The molecule has 0 radical (unpaired) electrons. The summed E-state index contributed by atoms with van der Waals surface area (Å²) in [5, 5.41) is 9.96. The highest BCUT2D eigenvalue weighted by Gasteiger charge is 2.50. The van der Waals surface area contributed by atoms with Crippen LogP contribution in [0.2, 0.25) is 0 Å². The van der Waals surface area contributed by atoms with Crippen LogP contribution in [0.4, 0.5) is 0 Å². The summed E-state index contributed by atoms with van der Waals surface area (Å²) in [5.74, 6) is -1.93. The number of carboxylic acids is 1. The highest BCUT2D eigenvalue weighted by Crippen LogP contribution is 2.33. The summed E-state index contributed by atoms with van der Waals surface area (Å²) in [6.07, 6.45) is 0.0485. The predicted octanol–water partition coefficient (Wildman–Crippen LogP) is 3.12. The van der Waals surface area contributed by atoms with Crippen molar-refractivity contribution in [1.82, 2.24) is 0 Å². The normalized spacial score (nSPS) is 13.1. The average Bonchev–Trinajstić information content (AvgIpc) is 2.54. The van der Waals surface area contributed by atoms with Crippen molar-refractivity contribution in [2.75, 3.05) is 6.61 Å². The smallest absolute Gasteiger partial charge is 0.328 e. The molecule has 2 aromatic rings. The zero-order valence-corrected chi connectivity index (χ0v) is 13.3. The fourth-order valence-electron chi connectivity index (χ4n) is 2.76. The number of carbonyl (C=O) groups is 2. The van der Waals surface area contributed by atoms with E-state index in [0.29, 0.717) is 5.56 Å². The molecule has 120 valence electrons. The van der Waals surface area contributed by atoms with Crippen LogP contribution in [0.1, 0.15) is 23.6 Å². The molecule has 4 heteroatoms. The van der Waals surface area contributed by atoms with Gasteiger partial charge in [-0.25, -0.2) is 0 Å². The summed E-state index contributed by atoms with van der Waals surface area (Å²) in [6.45, 7) is 3.61. The largest absolute Gasteiger partial charge is 0.480 e. The number of hydrogen-bond acceptors (Lipinski definition) is 3. The van der Waals surface area contributed by atoms with E-state index in [1.807, 2.05) is 36.4 Å². The Labute approximate surface area is 135 Å². The molecule has 0 fully saturated rings. The minimum absolute atomic E-state index is 0.0485. The third-order valence-corrected chi connectivity index (χ3v) is 3.91. The van der Waals surface area contributed by atoms with E-state index < -0.39 is 17.4 Å². The quantitative estimate of drug-likeness (QED) is 0.657. The van der Waals surface area contributed by atoms with Gasteiger partial charge in [0.2, 0.25) is 0 Å². The SMILES string of the molecule is CCOC(=O)C(Cc1ccccc1)(C(=O)O)c1ccccc1C. The van der Waals surface area contributed by atoms with Crippen molar-refractivity contribution in [3.63, 3.8) is 0 Å². The van der Waals surface area contributed by atoms with Gasteiger partial charge in [0.25, 0.3) is 0 Å². The summed E-state index contributed by atoms with van der Waals surface area (Å²) < 4.78 is 5.13. The first-order chi connectivity index (χ1) is 11.0. The monoisotopic (exact) mass is 312 g/mol. The molecule has 0 aromatic heterocycles.